The molecule has 0 radical (unpaired) electrons. The van der Waals surface area contributed by atoms with Crippen molar-refractivity contribution in [2.24, 2.45) is 0 Å². The summed E-state index contributed by atoms with van der Waals surface area (Å²) in [5.74, 6) is -0.303. The van der Waals surface area contributed by atoms with Gasteiger partial charge in [-0.15, -0.1) is 11.3 Å². The standard InChI is InChI=1S/C20H22N4O4S2/c1-10(2)23-19(26)17-11(3)13(5)30-18(17)22-20(23)29-9-16(25)21-14-7-6-8-15(12(14)4)24(27)28/h6-8,10H,9H2,1-5H3,(H,21,25). The first-order valence-corrected chi connectivity index (χ1v) is 11.1. The number of anilines is 1. The van der Waals surface area contributed by atoms with Crippen molar-refractivity contribution < 1.29 is 9.72 Å². The molecule has 3 rings (SSSR count). The first kappa shape index (κ1) is 22.0. The van der Waals surface area contributed by atoms with Crippen LogP contribution >= 0.6 is 23.1 Å². The number of aryl methyl sites for hydroxylation is 2. The summed E-state index contributed by atoms with van der Waals surface area (Å²) < 4.78 is 1.61. The number of rotatable bonds is 6. The summed E-state index contributed by atoms with van der Waals surface area (Å²) in [5.41, 5.74) is 1.57. The van der Waals surface area contributed by atoms with Gasteiger partial charge in [0.2, 0.25) is 5.91 Å². The molecule has 0 spiro atoms. The van der Waals surface area contributed by atoms with Crippen LogP contribution in [-0.4, -0.2) is 26.1 Å². The molecule has 8 nitrogen and oxygen atoms in total. The molecule has 0 fully saturated rings. The molecule has 0 aliphatic rings. The second kappa shape index (κ2) is 8.57. The Labute approximate surface area is 181 Å². The zero-order chi connectivity index (χ0) is 22.2. The molecule has 10 heteroatoms. The van der Waals surface area contributed by atoms with Gasteiger partial charge < -0.3 is 5.32 Å². The Morgan fingerprint density at radius 2 is 2.00 bits per heavy atom. The SMILES string of the molecule is Cc1sc2nc(SCC(=O)Nc3cccc([N+](=O)[O-])c3C)n(C(C)C)c(=O)c2c1C. The lowest BCUT2D eigenvalue weighted by Crippen LogP contribution is -2.25. The molecule has 3 aromatic rings. The third-order valence-corrected chi connectivity index (χ3v) is 6.88. The fourth-order valence-corrected chi connectivity index (χ4v) is 5.12. The predicted octanol–water partition coefficient (Wildman–Crippen LogP) is 4.60. The van der Waals surface area contributed by atoms with E-state index in [1.807, 2.05) is 27.7 Å². The van der Waals surface area contributed by atoms with Crippen molar-refractivity contribution in [3.05, 3.63) is 54.7 Å². The summed E-state index contributed by atoms with van der Waals surface area (Å²) in [7, 11) is 0. The number of fused-ring (bicyclic) bond motifs is 1. The van der Waals surface area contributed by atoms with Crippen molar-refractivity contribution in [3.8, 4) is 0 Å². The maximum absolute atomic E-state index is 13.1. The number of thioether (sulfide) groups is 1. The molecule has 1 N–H and O–H groups in total. The predicted molar refractivity (Wildman–Crippen MR) is 121 cm³/mol. The van der Waals surface area contributed by atoms with Gasteiger partial charge in [-0.25, -0.2) is 4.98 Å². The van der Waals surface area contributed by atoms with Crippen molar-refractivity contribution in [1.29, 1.82) is 0 Å². The van der Waals surface area contributed by atoms with Crippen molar-refractivity contribution in [3.63, 3.8) is 0 Å². The molecular weight excluding hydrogens is 424 g/mol. The molecule has 158 valence electrons. The number of hydrogen-bond donors (Lipinski definition) is 1. The summed E-state index contributed by atoms with van der Waals surface area (Å²) in [6.07, 6.45) is 0. The van der Waals surface area contributed by atoms with Crippen LogP contribution in [0.1, 0.15) is 35.9 Å². The van der Waals surface area contributed by atoms with E-state index in [1.54, 1.807) is 17.6 Å². The fraction of sp³-hybridized carbons (Fsp3) is 0.350. The van der Waals surface area contributed by atoms with Crippen molar-refractivity contribution in [2.45, 2.75) is 45.8 Å². The first-order chi connectivity index (χ1) is 14.1. The third kappa shape index (κ3) is 4.10. The highest BCUT2D eigenvalue weighted by Crippen LogP contribution is 2.30. The van der Waals surface area contributed by atoms with E-state index in [0.717, 1.165) is 10.4 Å². The van der Waals surface area contributed by atoms with Gasteiger partial charge in [0.05, 0.1) is 27.3 Å². The van der Waals surface area contributed by atoms with Crippen LogP contribution in [-0.2, 0) is 4.79 Å². The van der Waals surface area contributed by atoms with Crippen LogP contribution in [0.3, 0.4) is 0 Å². The van der Waals surface area contributed by atoms with E-state index in [4.69, 9.17) is 0 Å². The lowest BCUT2D eigenvalue weighted by atomic mass is 10.1. The topological polar surface area (TPSA) is 107 Å². The molecule has 2 heterocycles. The van der Waals surface area contributed by atoms with Crippen LogP contribution in [0.4, 0.5) is 11.4 Å². The molecule has 0 aliphatic carbocycles. The Morgan fingerprint density at radius 1 is 1.30 bits per heavy atom. The van der Waals surface area contributed by atoms with Gasteiger partial charge in [0, 0.05) is 17.0 Å². The van der Waals surface area contributed by atoms with Crippen LogP contribution in [0.2, 0.25) is 0 Å². The summed E-state index contributed by atoms with van der Waals surface area (Å²) in [6, 6.07) is 4.43. The summed E-state index contributed by atoms with van der Waals surface area (Å²) >= 11 is 2.64. The highest BCUT2D eigenvalue weighted by Gasteiger charge is 2.20. The number of nitrogens with one attached hydrogen (secondary N) is 1. The van der Waals surface area contributed by atoms with Crippen molar-refractivity contribution in [2.75, 3.05) is 11.1 Å². The van der Waals surface area contributed by atoms with Gasteiger partial charge in [-0.2, -0.15) is 0 Å². The summed E-state index contributed by atoms with van der Waals surface area (Å²) in [6.45, 7) is 9.28. The molecule has 30 heavy (non-hydrogen) atoms. The monoisotopic (exact) mass is 446 g/mol. The third-order valence-electron chi connectivity index (χ3n) is 4.83. The van der Waals surface area contributed by atoms with Crippen LogP contribution in [0, 0.1) is 30.9 Å². The van der Waals surface area contributed by atoms with Crippen LogP contribution in [0.25, 0.3) is 10.2 Å². The van der Waals surface area contributed by atoms with Crippen LogP contribution in [0.15, 0.2) is 28.2 Å². The number of benzene rings is 1. The lowest BCUT2D eigenvalue weighted by Gasteiger charge is -2.15. The van der Waals surface area contributed by atoms with E-state index >= 15 is 0 Å². The second-order valence-electron chi connectivity index (χ2n) is 7.17. The first-order valence-electron chi connectivity index (χ1n) is 9.30. The largest absolute Gasteiger partial charge is 0.325 e. The molecule has 2 aromatic heterocycles. The number of nitrogens with zero attached hydrogens (tertiary/aromatic N) is 3. The van der Waals surface area contributed by atoms with Gasteiger partial charge in [-0.3, -0.25) is 24.3 Å². The van der Waals surface area contributed by atoms with Gasteiger partial charge in [0.15, 0.2) is 5.16 Å². The summed E-state index contributed by atoms with van der Waals surface area (Å²) in [4.78, 5) is 42.5. The average Bonchev–Trinajstić information content (AvgIpc) is 2.95. The number of nitro groups is 1. The van der Waals surface area contributed by atoms with Crippen molar-refractivity contribution in [1.82, 2.24) is 9.55 Å². The normalized spacial score (nSPS) is 11.3. The van der Waals surface area contributed by atoms with Gasteiger partial charge in [-0.1, -0.05) is 17.8 Å². The number of thiophene rings is 1. The van der Waals surface area contributed by atoms with Crippen LogP contribution < -0.4 is 10.9 Å². The molecule has 0 atom stereocenters. The Morgan fingerprint density at radius 3 is 2.63 bits per heavy atom. The number of amides is 1. The number of carbonyl (C=O) groups is 1. The highest BCUT2D eigenvalue weighted by atomic mass is 32.2. The molecule has 1 aromatic carbocycles. The smallest absolute Gasteiger partial charge is 0.274 e. The van der Waals surface area contributed by atoms with Crippen molar-refractivity contribution >= 4 is 50.6 Å². The number of hydrogen-bond acceptors (Lipinski definition) is 7. The number of carbonyl (C=O) groups excluding carboxylic acids is 1. The molecule has 0 bridgehead atoms. The van der Waals surface area contributed by atoms with E-state index in [9.17, 15) is 19.7 Å². The van der Waals surface area contributed by atoms with E-state index < -0.39 is 4.92 Å². The Hall–Kier alpha value is -2.72. The average molecular weight is 447 g/mol. The Kier molecular flexibility index (Phi) is 6.27. The maximum Gasteiger partial charge on any atom is 0.274 e. The Bertz CT molecular complexity index is 1210. The van der Waals surface area contributed by atoms with Gasteiger partial charge in [-0.05, 0) is 46.2 Å². The van der Waals surface area contributed by atoms with E-state index in [1.165, 1.54) is 35.2 Å². The van der Waals surface area contributed by atoms with E-state index in [-0.39, 0.29) is 28.9 Å². The molecule has 0 saturated heterocycles. The minimum Gasteiger partial charge on any atom is -0.325 e. The zero-order valence-corrected chi connectivity index (χ0v) is 18.9. The van der Waals surface area contributed by atoms with E-state index in [0.29, 0.717) is 26.6 Å². The Balaban J connectivity index is 1.86. The van der Waals surface area contributed by atoms with Gasteiger partial charge in [0.25, 0.3) is 11.2 Å². The van der Waals surface area contributed by atoms with Crippen LogP contribution in [0.5, 0.6) is 0 Å². The summed E-state index contributed by atoms with van der Waals surface area (Å²) in [5, 5.41) is 14.9. The molecule has 0 saturated carbocycles. The quantitative estimate of drug-likeness (QED) is 0.257. The molecule has 0 unspecified atom stereocenters. The zero-order valence-electron chi connectivity index (χ0n) is 17.3. The lowest BCUT2D eigenvalue weighted by molar-refractivity contribution is -0.385. The molecule has 0 aliphatic heterocycles. The fourth-order valence-electron chi connectivity index (χ4n) is 3.12. The maximum atomic E-state index is 13.1. The minimum absolute atomic E-state index is 0.0239. The second-order valence-corrected chi connectivity index (χ2v) is 9.32. The van der Waals surface area contributed by atoms with E-state index in [2.05, 4.69) is 10.3 Å². The van der Waals surface area contributed by atoms with Gasteiger partial charge >= 0.3 is 0 Å². The highest BCUT2D eigenvalue weighted by molar-refractivity contribution is 7.99. The van der Waals surface area contributed by atoms with Gasteiger partial charge in [0.1, 0.15) is 4.83 Å². The molecule has 1 amide bonds. The molecular formula is C20H22N4O4S2. The number of aromatic nitrogens is 2. The minimum atomic E-state index is -0.481. The number of nitro benzene ring substituents is 1.